The first kappa shape index (κ1) is 20.6. The lowest BCUT2D eigenvalue weighted by Crippen LogP contribution is -2.57. The summed E-state index contributed by atoms with van der Waals surface area (Å²) in [4.78, 5) is 32.1. The van der Waals surface area contributed by atoms with E-state index in [0.29, 0.717) is 18.9 Å². The summed E-state index contributed by atoms with van der Waals surface area (Å²) in [6.07, 6.45) is 9.40. The van der Waals surface area contributed by atoms with Gasteiger partial charge in [0.05, 0.1) is 12.5 Å². The molecular weight excluding hydrogens is 340 g/mol. The van der Waals surface area contributed by atoms with Gasteiger partial charge in [-0.3, -0.25) is 14.5 Å². The van der Waals surface area contributed by atoms with Crippen molar-refractivity contribution < 1.29 is 9.59 Å². The van der Waals surface area contributed by atoms with Gasteiger partial charge in [0.25, 0.3) is 0 Å². The summed E-state index contributed by atoms with van der Waals surface area (Å²) in [7, 11) is 0. The molecule has 1 atom stereocenters. The van der Waals surface area contributed by atoms with E-state index in [4.69, 9.17) is 0 Å². The number of likely N-dealkylation sites (tertiary alicyclic amines) is 1. The van der Waals surface area contributed by atoms with Crippen molar-refractivity contribution in [2.75, 3.05) is 52.4 Å². The van der Waals surface area contributed by atoms with Gasteiger partial charge in [-0.1, -0.05) is 19.3 Å². The Hall–Kier alpha value is -1.14. The van der Waals surface area contributed by atoms with Gasteiger partial charge in [-0.2, -0.15) is 0 Å². The minimum Gasteiger partial charge on any atom is -0.353 e. The third-order valence-corrected chi connectivity index (χ3v) is 6.65. The molecule has 27 heavy (non-hydrogen) atoms. The van der Waals surface area contributed by atoms with Gasteiger partial charge in [-0.15, -0.1) is 0 Å². The minimum atomic E-state index is -0.283. The molecule has 0 aromatic carbocycles. The topological polar surface area (TPSA) is 55.9 Å². The third kappa shape index (κ3) is 5.92. The Morgan fingerprint density at radius 2 is 1.85 bits per heavy atom. The highest BCUT2D eigenvalue weighted by Gasteiger charge is 2.34. The number of piperazine rings is 1. The van der Waals surface area contributed by atoms with Crippen LogP contribution in [0.2, 0.25) is 0 Å². The Balaban J connectivity index is 1.53. The van der Waals surface area contributed by atoms with E-state index in [1.807, 2.05) is 11.8 Å². The maximum absolute atomic E-state index is 12.9. The predicted molar refractivity (Wildman–Crippen MR) is 107 cm³/mol. The molecule has 2 saturated heterocycles. The predicted octanol–water partition coefficient (Wildman–Crippen LogP) is 1.70. The van der Waals surface area contributed by atoms with Gasteiger partial charge in [0.1, 0.15) is 0 Å². The molecule has 3 fully saturated rings. The number of carbonyl (C=O) groups is 2. The molecule has 1 N–H and O–H groups in total. The summed E-state index contributed by atoms with van der Waals surface area (Å²) in [5, 5.41) is 2.98. The Morgan fingerprint density at radius 1 is 1.11 bits per heavy atom. The Bertz CT molecular complexity index is 487. The van der Waals surface area contributed by atoms with Crippen LogP contribution in [0, 0.1) is 5.92 Å². The van der Waals surface area contributed by atoms with Gasteiger partial charge in [0.2, 0.25) is 11.8 Å². The highest BCUT2D eigenvalue weighted by Crippen LogP contribution is 2.26. The van der Waals surface area contributed by atoms with Crippen molar-refractivity contribution in [2.24, 2.45) is 5.92 Å². The number of nitrogens with one attached hydrogen (secondary N) is 1. The summed E-state index contributed by atoms with van der Waals surface area (Å²) in [6, 6.07) is -0.283. The van der Waals surface area contributed by atoms with Crippen molar-refractivity contribution in [3.63, 3.8) is 0 Å². The van der Waals surface area contributed by atoms with E-state index in [0.717, 1.165) is 45.8 Å². The molecule has 1 saturated carbocycles. The first-order valence-corrected chi connectivity index (χ1v) is 11.2. The molecule has 2 aliphatic heterocycles. The van der Waals surface area contributed by atoms with Gasteiger partial charge in [0, 0.05) is 39.3 Å². The molecule has 6 heteroatoms. The summed E-state index contributed by atoms with van der Waals surface area (Å²) >= 11 is 0. The highest BCUT2D eigenvalue weighted by molar-refractivity contribution is 5.88. The van der Waals surface area contributed by atoms with E-state index >= 15 is 0 Å². The number of rotatable bonds is 8. The Kier molecular flexibility index (Phi) is 7.94. The second-order valence-electron chi connectivity index (χ2n) is 8.53. The van der Waals surface area contributed by atoms with Crippen LogP contribution in [0.1, 0.15) is 58.3 Å². The number of carbonyl (C=O) groups excluding carboxylic acids is 2. The molecular formula is C21H38N4O2. The third-order valence-electron chi connectivity index (χ3n) is 6.65. The lowest BCUT2D eigenvalue weighted by Gasteiger charge is -2.38. The molecule has 0 aromatic heterocycles. The van der Waals surface area contributed by atoms with Crippen LogP contribution in [0.4, 0.5) is 0 Å². The van der Waals surface area contributed by atoms with E-state index in [2.05, 4.69) is 15.1 Å². The first-order valence-electron chi connectivity index (χ1n) is 11.2. The van der Waals surface area contributed by atoms with Crippen LogP contribution < -0.4 is 5.32 Å². The first-order chi connectivity index (χ1) is 13.2. The molecule has 3 rings (SSSR count). The molecule has 1 aliphatic carbocycles. The molecule has 154 valence electrons. The average molecular weight is 379 g/mol. The van der Waals surface area contributed by atoms with Crippen LogP contribution in [-0.4, -0.2) is 84.9 Å². The molecule has 3 aliphatic rings. The normalized spacial score (nSPS) is 25.5. The monoisotopic (exact) mass is 378 g/mol. The van der Waals surface area contributed by atoms with Crippen molar-refractivity contribution in [1.29, 1.82) is 0 Å². The van der Waals surface area contributed by atoms with Crippen molar-refractivity contribution in [2.45, 2.75) is 64.3 Å². The summed E-state index contributed by atoms with van der Waals surface area (Å²) in [5.74, 6) is 0.869. The summed E-state index contributed by atoms with van der Waals surface area (Å²) in [5.41, 5.74) is 0. The van der Waals surface area contributed by atoms with E-state index in [1.54, 1.807) is 0 Å². The van der Waals surface area contributed by atoms with Crippen molar-refractivity contribution >= 4 is 11.8 Å². The lowest BCUT2D eigenvalue weighted by molar-refractivity contribution is -0.139. The second-order valence-corrected chi connectivity index (χ2v) is 8.53. The van der Waals surface area contributed by atoms with E-state index in [9.17, 15) is 9.59 Å². The van der Waals surface area contributed by atoms with Crippen molar-refractivity contribution in [3.8, 4) is 0 Å². The fourth-order valence-corrected chi connectivity index (χ4v) is 4.93. The van der Waals surface area contributed by atoms with Crippen LogP contribution in [0.25, 0.3) is 0 Å². The molecule has 6 nitrogen and oxygen atoms in total. The van der Waals surface area contributed by atoms with Crippen molar-refractivity contribution in [3.05, 3.63) is 0 Å². The zero-order chi connectivity index (χ0) is 19.1. The second kappa shape index (κ2) is 10.4. The molecule has 2 amide bonds. The lowest BCUT2D eigenvalue weighted by atomic mass is 9.88. The van der Waals surface area contributed by atoms with Gasteiger partial charge in [-0.05, 0) is 51.6 Å². The number of hydrogen-bond donors (Lipinski definition) is 1. The summed E-state index contributed by atoms with van der Waals surface area (Å²) < 4.78 is 0. The van der Waals surface area contributed by atoms with Crippen LogP contribution in [0.3, 0.4) is 0 Å². The van der Waals surface area contributed by atoms with E-state index < -0.39 is 0 Å². The van der Waals surface area contributed by atoms with E-state index in [-0.39, 0.29) is 17.9 Å². The quantitative estimate of drug-likeness (QED) is 0.699. The van der Waals surface area contributed by atoms with Crippen molar-refractivity contribution in [1.82, 2.24) is 20.0 Å². The van der Waals surface area contributed by atoms with Crippen LogP contribution in [0.15, 0.2) is 0 Å². The molecule has 0 bridgehead atoms. The zero-order valence-electron chi connectivity index (χ0n) is 17.1. The minimum absolute atomic E-state index is 0.0426. The van der Waals surface area contributed by atoms with Crippen LogP contribution >= 0.6 is 0 Å². The maximum atomic E-state index is 12.9. The molecule has 1 unspecified atom stereocenters. The average Bonchev–Trinajstić information content (AvgIpc) is 3.19. The Labute approximate surface area is 164 Å². The fourth-order valence-electron chi connectivity index (χ4n) is 4.93. The molecule has 0 aromatic rings. The number of amides is 2. The molecule has 0 spiro atoms. The highest BCUT2D eigenvalue weighted by atomic mass is 16.2. The standard InChI is InChI=1S/C21H38N4O2/c1-2-24(15-14-23-11-6-7-12-23)20(26)16-19-21(27)22-10-13-25(19)17-18-8-4-3-5-9-18/h18-19H,2-17H2,1H3,(H,22,27). The SMILES string of the molecule is CCN(CCN1CCCC1)C(=O)CC1C(=O)NCCN1CC1CCCCC1. The van der Waals surface area contributed by atoms with Gasteiger partial charge in [-0.25, -0.2) is 0 Å². The Morgan fingerprint density at radius 3 is 2.56 bits per heavy atom. The van der Waals surface area contributed by atoms with Crippen LogP contribution in [0.5, 0.6) is 0 Å². The zero-order valence-corrected chi connectivity index (χ0v) is 17.1. The number of hydrogen-bond acceptors (Lipinski definition) is 4. The van der Waals surface area contributed by atoms with Gasteiger partial charge in [0.15, 0.2) is 0 Å². The van der Waals surface area contributed by atoms with Crippen LogP contribution in [-0.2, 0) is 9.59 Å². The number of nitrogens with zero attached hydrogens (tertiary/aromatic N) is 3. The summed E-state index contributed by atoms with van der Waals surface area (Å²) in [6.45, 7) is 9.40. The van der Waals surface area contributed by atoms with Gasteiger partial charge < -0.3 is 15.1 Å². The fraction of sp³-hybridized carbons (Fsp3) is 0.905. The largest absolute Gasteiger partial charge is 0.353 e. The maximum Gasteiger partial charge on any atom is 0.237 e. The molecule has 0 radical (unpaired) electrons. The number of likely N-dealkylation sites (N-methyl/N-ethyl adjacent to an activating group) is 1. The smallest absolute Gasteiger partial charge is 0.237 e. The van der Waals surface area contributed by atoms with E-state index in [1.165, 1.54) is 44.9 Å². The molecule has 2 heterocycles. The van der Waals surface area contributed by atoms with Gasteiger partial charge >= 0.3 is 0 Å².